The summed E-state index contributed by atoms with van der Waals surface area (Å²) in [5, 5.41) is 9.31. The lowest BCUT2D eigenvalue weighted by atomic mass is 10.2. The molecular formula is C15H16N4O2S2. The van der Waals surface area contributed by atoms with E-state index < -0.39 is 0 Å². The zero-order valence-corrected chi connectivity index (χ0v) is 14.7. The molecule has 0 spiro atoms. The number of fused-ring (bicyclic) bond motifs is 1. The first kappa shape index (κ1) is 14.9. The molecule has 4 rings (SSSR count). The summed E-state index contributed by atoms with van der Waals surface area (Å²) in [7, 11) is 0. The van der Waals surface area contributed by atoms with Crippen LogP contribution in [0.25, 0.3) is 10.2 Å². The third-order valence-corrected chi connectivity index (χ3v) is 6.11. The average molecular weight is 348 g/mol. The standard InChI is InChI=1S/C15H16N4O2S2/c1-6-7(2)22-14-10(6)12(20)16-11(17-14)8(3)23-15-19-18-13(21-15)9-4-5-9/h8-9H,4-5H2,1-3H3,(H,16,17,20). The molecule has 0 saturated heterocycles. The number of aryl methyl sites for hydroxylation is 2. The first-order chi connectivity index (χ1) is 11.0. The molecule has 3 heterocycles. The van der Waals surface area contributed by atoms with Crippen molar-refractivity contribution >= 4 is 33.3 Å². The summed E-state index contributed by atoms with van der Waals surface area (Å²) in [6.45, 7) is 5.95. The normalized spacial score (nSPS) is 16.1. The number of hydrogen-bond acceptors (Lipinski definition) is 7. The molecule has 1 fully saturated rings. The molecule has 0 aliphatic heterocycles. The van der Waals surface area contributed by atoms with Gasteiger partial charge in [-0.3, -0.25) is 4.79 Å². The molecule has 1 atom stereocenters. The summed E-state index contributed by atoms with van der Waals surface area (Å²) >= 11 is 2.98. The van der Waals surface area contributed by atoms with E-state index >= 15 is 0 Å². The first-order valence-corrected chi connectivity index (χ1v) is 9.22. The third kappa shape index (κ3) is 2.70. The Labute approximate surface area is 140 Å². The molecule has 1 unspecified atom stereocenters. The van der Waals surface area contributed by atoms with Gasteiger partial charge in [0.15, 0.2) is 0 Å². The molecule has 6 nitrogen and oxygen atoms in total. The Morgan fingerprint density at radius 2 is 2.13 bits per heavy atom. The average Bonchev–Trinajstić information content (AvgIpc) is 3.19. The van der Waals surface area contributed by atoms with E-state index in [1.165, 1.54) is 11.8 Å². The number of thiophene rings is 1. The highest BCUT2D eigenvalue weighted by Crippen LogP contribution is 2.41. The summed E-state index contributed by atoms with van der Waals surface area (Å²) in [4.78, 5) is 21.8. The molecule has 1 aliphatic carbocycles. The van der Waals surface area contributed by atoms with E-state index in [-0.39, 0.29) is 10.8 Å². The summed E-state index contributed by atoms with van der Waals surface area (Å²) in [6, 6.07) is 0. The maximum absolute atomic E-state index is 12.3. The highest BCUT2D eigenvalue weighted by molar-refractivity contribution is 7.99. The van der Waals surface area contributed by atoms with Crippen molar-refractivity contribution in [3.8, 4) is 0 Å². The molecular weight excluding hydrogens is 332 g/mol. The second kappa shape index (κ2) is 5.45. The third-order valence-electron chi connectivity index (χ3n) is 4.07. The summed E-state index contributed by atoms with van der Waals surface area (Å²) in [5.74, 6) is 1.81. The molecule has 0 bridgehead atoms. The van der Waals surface area contributed by atoms with Gasteiger partial charge >= 0.3 is 0 Å². The van der Waals surface area contributed by atoms with Crippen molar-refractivity contribution in [2.24, 2.45) is 0 Å². The van der Waals surface area contributed by atoms with Crippen molar-refractivity contribution in [1.29, 1.82) is 0 Å². The van der Waals surface area contributed by atoms with Crippen LogP contribution in [0.3, 0.4) is 0 Å². The van der Waals surface area contributed by atoms with Crippen molar-refractivity contribution in [2.75, 3.05) is 0 Å². The minimum Gasteiger partial charge on any atom is -0.416 e. The summed E-state index contributed by atoms with van der Waals surface area (Å²) in [6.07, 6.45) is 2.26. The van der Waals surface area contributed by atoms with Crippen molar-refractivity contribution in [1.82, 2.24) is 20.2 Å². The zero-order chi connectivity index (χ0) is 16.1. The van der Waals surface area contributed by atoms with Gasteiger partial charge < -0.3 is 9.40 Å². The molecule has 0 radical (unpaired) electrons. The van der Waals surface area contributed by atoms with Gasteiger partial charge in [0.25, 0.3) is 10.8 Å². The summed E-state index contributed by atoms with van der Waals surface area (Å²) < 4.78 is 5.66. The minimum atomic E-state index is -0.0801. The van der Waals surface area contributed by atoms with Crippen molar-refractivity contribution < 1.29 is 4.42 Å². The van der Waals surface area contributed by atoms with Crippen LogP contribution in [0.1, 0.15) is 53.1 Å². The Hall–Kier alpha value is -1.67. The lowest BCUT2D eigenvalue weighted by molar-refractivity contribution is 0.413. The van der Waals surface area contributed by atoms with Gasteiger partial charge in [0, 0.05) is 10.8 Å². The van der Waals surface area contributed by atoms with Gasteiger partial charge in [0.05, 0.1) is 10.6 Å². The van der Waals surface area contributed by atoms with E-state index in [1.807, 2.05) is 20.8 Å². The van der Waals surface area contributed by atoms with E-state index in [0.717, 1.165) is 34.0 Å². The van der Waals surface area contributed by atoms with Crippen molar-refractivity contribution in [3.05, 3.63) is 32.5 Å². The molecule has 1 aliphatic rings. The number of hydrogen-bond donors (Lipinski definition) is 1. The van der Waals surface area contributed by atoms with Crippen LogP contribution in [0.4, 0.5) is 0 Å². The molecule has 8 heteroatoms. The fourth-order valence-corrected chi connectivity index (χ4v) is 4.22. The van der Waals surface area contributed by atoms with E-state index in [2.05, 4.69) is 20.2 Å². The molecule has 23 heavy (non-hydrogen) atoms. The Kier molecular flexibility index (Phi) is 3.53. The molecule has 3 aromatic rings. The Bertz CT molecular complexity index is 939. The van der Waals surface area contributed by atoms with Gasteiger partial charge in [0.2, 0.25) is 5.89 Å². The molecule has 120 valence electrons. The SMILES string of the molecule is Cc1sc2nc(C(C)Sc3nnc(C4CC4)o3)[nH]c(=O)c2c1C. The number of rotatable bonds is 4. The van der Waals surface area contributed by atoms with Gasteiger partial charge in [-0.1, -0.05) is 11.8 Å². The largest absolute Gasteiger partial charge is 0.416 e. The van der Waals surface area contributed by atoms with Crippen LogP contribution in [0, 0.1) is 13.8 Å². The summed E-state index contributed by atoms with van der Waals surface area (Å²) in [5.41, 5.74) is 0.931. The van der Waals surface area contributed by atoms with Crippen molar-refractivity contribution in [2.45, 2.75) is 50.0 Å². The predicted molar refractivity (Wildman–Crippen MR) is 90.3 cm³/mol. The van der Waals surface area contributed by atoms with Crippen LogP contribution in [0.5, 0.6) is 0 Å². The fourth-order valence-electron chi connectivity index (χ4n) is 2.43. The number of H-pyrrole nitrogens is 1. The number of nitrogens with one attached hydrogen (secondary N) is 1. The van der Waals surface area contributed by atoms with E-state index in [9.17, 15) is 4.79 Å². The van der Waals surface area contributed by atoms with E-state index in [0.29, 0.717) is 22.4 Å². The van der Waals surface area contributed by atoms with Gasteiger partial charge in [-0.05, 0) is 39.2 Å². The molecule has 0 aromatic carbocycles. The van der Waals surface area contributed by atoms with E-state index in [4.69, 9.17) is 4.42 Å². The van der Waals surface area contributed by atoms with Crippen LogP contribution in [0.2, 0.25) is 0 Å². The quantitative estimate of drug-likeness (QED) is 0.723. The number of aromatic nitrogens is 4. The Balaban J connectivity index is 1.63. The lowest BCUT2D eigenvalue weighted by Gasteiger charge is -2.07. The maximum atomic E-state index is 12.3. The van der Waals surface area contributed by atoms with Gasteiger partial charge in [-0.2, -0.15) is 0 Å². The smallest absolute Gasteiger partial charge is 0.277 e. The molecule has 3 aromatic heterocycles. The van der Waals surface area contributed by atoms with Gasteiger partial charge in [0.1, 0.15) is 10.7 Å². The van der Waals surface area contributed by atoms with Crippen LogP contribution < -0.4 is 5.56 Å². The highest BCUT2D eigenvalue weighted by Gasteiger charge is 2.30. The van der Waals surface area contributed by atoms with Crippen LogP contribution in [-0.2, 0) is 0 Å². The number of nitrogens with zero attached hydrogens (tertiary/aromatic N) is 3. The Morgan fingerprint density at radius 3 is 2.87 bits per heavy atom. The van der Waals surface area contributed by atoms with Gasteiger partial charge in [-0.15, -0.1) is 21.5 Å². The van der Waals surface area contributed by atoms with Gasteiger partial charge in [-0.25, -0.2) is 4.98 Å². The Morgan fingerprint density at radius 1 is 1.35 bits per heavy atom. The monoisotopic (exact) mass is 348 g/mol. The van der Waals surface area contributed by atoms with Crippen LogP contribution >= 0.6 is 23.1 Å². The minimum absolute atomic E-state index is 0.0673. The molecule has 1 saturated carbocycles. The predicted octanol–water partition coefficient (Wildman–Crippen LogP) is 3.72. The van der Waals surface area contributed by atoms with Crippen LogP contribution in [0.15, 0.2) is 14.4 Å². The maximum Gasteiger partial charge on any atom is 0.277 e. The topological polar surface area (TPSA) is 84.7 Å². The number of aromatic amines is 1. The molecule has 0 amide bonds. The highest BCUT2D eigenvalue weighted by atomic mass is 32.2. The lowest BCUT2D eigenvalue weighted by Crippen LogP contribution is -2.12. The number of thioether (sulfide) groups is 1. The van der Waals surface area contributed by atoms with E-state index in [1.54, 1.807) is 11.3 Å². The fraction of sp³-hybridized carbons (Fsp3) is 0.467. The first-order valence-electron chi connectivity index (χ1n) is 7.53. The zero-order valence-electron chi connectivity index (χ0n) is 13.0. The van der Waals surface area contributed by atoms with Crippen LogP contribution in [-0.4, -0.2) is 20.2 Å². The molecule has 1 N–H and O–H groups in total. The second-order valence-corrected chi connectivity index (χ2v) is 8.35. The second-order valence-electron chi connectivity index (χ2n) is 5.86. The van der Waals surface area contributed by atoms with Crippen molar-refractivity contribution in [3.63, 3.8) is 0 Å².